The molecule has 1 aliphatic rings. The first kappa shape index (κ1) is 11.2. The minimum atomic E-state index is -0.0544. The molecular formula is C12H18N2O2. The van der Waals surface area contributed by atoms with Crippen molar-refractivity contribution in [3.63, 3.8) is 0 Å². The third kappa shape index (κ3) is 2.87. The zero-order valence-corrected chi connectivity index (χ0v) is 9.32. The van der Waals surface area contributed by atoms with E-state index in [1.807, 2.05) is 6.07 Å². The fourth-order valence-electron chi connectivity index (χ4n) is 1.99. The Morgan fingerprint density at radius 2 is 2.00 bits per heavy atom. The minimum absolute atomic E-state index is 0.0366. The lowest BCUT2D eigenvalue weighted by Crippen LogP contribution is -2.27. The van der Waals surface area contributed by atoms with Crippen molar-refractivity contribution in [3.05, 3.63) is 23.8 Å². The lowest BCUT2D eigenvalue weighted by Gasteiger charge is -2.19. The van der Waals surface area contributed by atoms with Gasteiger partial charge in [0.15, 0.2) is 11.5 Å². The molecule has 0 amide bonds. The summed E-state index contributed by atoms with van der Waals surface area (Å²) < 4.78 is 0. The number of rotatable bonds is 2. The fourth-order valence-corrected chi connectivity index (χ4v) is 1.99. The zero-order valence-electron chi connectivity index (χ0n) is 9.32. The molecule has 16 heavy (non-hydrogen) atoms. The number of nitrogens with one attached hydrogen (secondary N) is 1. The monoisotopic (exact) mass is 222 g/mol. The Labute approximate surface area is 95.5 Å². The molecule has 0 bridgehead atoms. The standard InChI is InChI=1S/C12H18N2O2/c15-11-3-2-10(8-12(11)16)9-14-6-1-4-13-5-7-14/h2-3,8,13,15-16H,1,4-7,9H2. The second-order valence-corrected chi connectivity index (χ2v) is 4.20. The molecule has 0 spiro atoms. The van der Waals surface area contributed by atoms with Crippen LogP contribution in [-0.4, -0.2) is 41.3 Å². The van der Waals surface area contributed by atoms with Gasteiger partial charge in [0.25, 0.3) is 0 Å². The molecule has 1 saturated heterocycles. The normalized spacial score (nSPS) is 18.2. The van der Waals surface area contributed by atoms with Gasteiger partial charge >= 0.3 is 0 Å². The summed E-state index contributed by atoms with van der Waals surface area (Å²) >= 11 is 0. The van der Waals surface area contributed by atoms with E-state index in [1.165, 1.54) is 0 Å². The van der Waals surface area contributed by atoms with E-state index in [4.69, 9.17) is 0 Å². The number of nitrogens with zero attached hydrogens (tertiary/aromatic N) is 1. The first-order valence-corrected chi connectivity index (χ1v) is 5.69. The van der Waals surface area contributed by atoms with Crippen molar-refractivity contribution in [2.75, 3.05) is 26.2 Å². The van der Waals surface area contributed by atoms with E-state index in [2.05, 4.69) is 10.2 Å². The van der Waals surface area contributed by atoms with Crippen molar-refractivity contribution in [2.24, 2.45) is 0 Å². The molecule has 4 nitrogen and oxygen atoms in total. The summed E-state index contributed by atoms with van der Waals surface area (Å²) in [6.07, 6.45) is 1.16. The number of hydrogen-bond donors (Lipinski definition) is 3. The molecule has 1 aliphatic heterocycles. The Balaban J connectivity index is 1.99. The van der Waals surface area contributed by atoms with Crippen molar-refractivity contribution in [1.82, 2.24) is 10.2 Å². The third-order valence-electron chi connectivity index (χ3n) is 2.88. The minimum Gasteiger partial charge on any atom is -0.504 e. The van der Waals surface area contributed by atoms with Gasteiger partial charge in [-0.25, -0.2) is 0 Å². The van der Waals surface area contributed by atoms with Crippen LogP contribution < -0.4 is 5.32 Å². The highest BCUT2D eigenvalue weighted by Crippen LogP contribution is 2.25. The second-order valence-electron chi connectivity index (χ2n) is 4.20. The predicted octanol–water partition coefficient (Wildman–Crippen LogP) is 0.893. The van der Waals surface area contributed by atoms with E-state index >= 15 is 0 Å². The molecule has 0 unspecified atom stereocenters. The van der Waals surface area contributed by atoms with Gasteiger partial charge in [-0.15, -0.1) is 0 Å². The van der Waals surface area contributed by atoms with Crippen LogP contribution >= 0.6 is 0 Å². The molecule has 1 heterocycles. The van der Waals surface area contributed by atoms with E-state index in [-0.39, 0.29) is 11.5 Å². The molecular weight excluding hydrogens is 204 g/mol. The van der Waals surface area contributed by atoms with Gasteiger partial charge in [-0.2, -0.15) is 0 Å². The van der Waals surface area contributed by atoms with Gasteiger partial charge in [0.05, 0.1) is 0 Å². The molecule has 3 N–H and O–H groups in total. The molecule has 0 aliphatic carbocycles. The Hall–Kier alpha value is -1.26. The molecule has 0 aromatic heterocycles. The van der Waals surface area contributed by atoms with Gasteiger partial charge in [-0.1, -0.05) is 6.07 Å². The lowest BCUT2D eigenvalue weighted by atomic mass is 10.2. The van der Waals surface area contributed by atoms with Crippen LogP contribution in [-0.2, 0) is 6.54 Å². The van der Waals surface area contributed by atoms with E-state index in [1.54, 1.807) is 12.1 Å². The second kappa shape index (κ2) is 5.18. The molecule has 0 radical (unpaired) electrons. The van der Waals surface area contributed by atoms with Crippen LogP contribution in [0.5, 0.6) is 11.5 Å². The van der Waals surface area contributed by atoms with Crippen LogP contribution in [0.3, 0.4) is 0 Å². The van der Waals surface area contributed by atoms with Crippen molar-refractivity contribution < 1.29 is 10.2 Å². The predicted molar refractivity (Wildman–Crippen MR) is 62.5 cm³/mol. The molecule has 1 aromatic carbocycles. The summed E-state index contributed by atoms with van der Waals surface area (Å²) in [6, 6.07) is 5.03. The van der Waals surface area contributed by atoms with Crippen LogP contribution in [0.2, 0.25) is 0 Å². The van der Waals surface area contributed by atoms with Crippen LogP contribution in [0, 0.1) is 0 Å². The fraction of sp³-hybridized carbons (Fsp3) is 0.500. The highest BCUT2D eigenvalue weighted by atomic mass is 16.3. The SMILES string of the molecule is Oc1ccc(CN2CCCNCC2)cc1O. The third-order valence-corrected chi connectivity index (χ3v) is 2.88. The van der Waals surface area contributed by atoms with E-state index < -0.39 is 0 Å². The highest BCUT2D eigenvalue weighted by molar-refractivity contribution is 5.40. The summed E-state index contributed by atoms with van der Waals surface area (Å²) in [4.78, 5) is 2.35. The summed E-state index contributed by atoms with van der Waals surface area (Å²) in [7, 11) is 0. The Morgan fingerprint density at radius 3 is 2.81 bits per heavy atom. The Kier molecular flexibility index (Phi) is 3.64. The number of aromatic hydroxyl groups is 2. The van der Waals surface area contributed by atoms with Gasteiger partial charge in [0, 0.05) is 19.6 Å². The smallest absolute Gasteiger partial charge is 0.157 e. The van der Waals surface area contributed by atoms with Gasteiger partial charge in [0.1, 0.15) is 0 Å². The Morgan fingerprint density at radius 1 is 1.12 bits per heavy atom. The number of hydrogen-bond acceptors (Lipinski definition) is 4. The average molecular weight is 222 g/mol. The van der Waals surface area contributed by atoms with Crippen LogP contribution in [0.15, 0.2) is 18.2 Å². The maximum atomic E-state index is 9.40. The molecule has 2 rings (SSSR count). The van der Waals surface area contributed by atoms with Gasteiger partial charge in [0.2, 0.25) is 0 Å². The van der Waals surface area contributed by atoms with Crippen molar-refractivity contribution >= 4 is 0 Å². The first-order chi connectivity index (χ1) is 7.75. The maximum absolute atomic E-state index is 9.40. The van der Waals surface area contributed by atoms with Crippen LogP contribution in [0.4, 0.5) is 0 Å². The van der Waals surface area contributed by atoms with E-state index in [9.17, 15) is 10.2 Å². The molecule has 1 aromatic rings. The van der Waals surface area contributed by atoms with Gasteiger partial charge in [-0.3, -0.25) is 4.90 Å². The largest absolute Gasteiger partial charge is 0.504 e. The van der Waals surface area contributed by atoms with Crippen LogP contribution in [0.25, 0.3) is 0 Å². The van der Waals surface area contributed by atoms with Gasteiger partial charge < -0.3 is 15.5 Å². The van der Waals surface area contributed by atoms with E-state index in [0.717, 1.165) is 44.7 Å². The number of phenolic OH excluding ortho intramolecular Hbond substituents is 2. The van der Waals surface area contributed by atoms with E-state index in [0.29, 0.717) is 0 Å². The summed E-state index contributed by atoms with van der Waals surface area (Å²) in [5.74, 6) is -0.0910. The zero-order chi connectivity index (χ0) is 11.4. The molecule has 0 saturated carbocycles. The topological polar surface area (TPSA) is 55.7 Å². The molecule has 88 valence electrons. The van der Waals surface area contributed by atoms with Crippen LogP contribution in [0.1, 0.15) is 12.0 Å². The van der Waals surface area contributed by atoms with Gasteiger partial charge in [-0.05, 0) is 37.2 Å². The molecule has 4 heteroatoms. The summed E-state index contributed by atoms with van der Waals surface area (Å²) in [6.45, 7) is 5.03. The van der Waals surface area contributed by atoms with Crippen molar-refractivity contribution in [2.45, 2.75) is 13.0 Å². The number of phenols is 2. The highest BCUT2D eigenvalue weighted by Gasteiger charge is 2.09. The molecule has 1 fully saturated rings. The summed E-state index contributed by atoms with van der Waals surface area (Å²) in [5, 5.41) is 22.0. The van der Waals surface area contributed by atoms with Crippen molar-refractivity contribution in [1.29, 1.82) is 0 Å². The molecule has 0 atom stereocenters. The summed E-state index contributed by atoms with van der Waals surface area (Å²) in [5.41, 5.74) is 1.04. The first-order valence-electron chi connectivity index (χ1n) is 5.69. The quantitative estimate of drug-likeness (QED) is 0.651. The lowest BCUT2D eigenvalue weighted by molar-refractivity contribution is 0.283. The number of benzene rings is 1. The van der Waals surface area contributed by atoms with Crippen molar-refractivity contribution in [3.8, 4) is 11.5 Å². The average Bonchev–Trinajstić information content (AvgIpc) is 2.52. The Bertz CT molecular complexity index is 347. The maximum Gasteiger partial charge on any atom is 0.157 e.